The van der Waals surface area contributed by atoms with Crippen LogP contribution < -0.4 is 5.32 Å². The van der Waals surface area contributed by atoms with Gasteiger partial charge in [-0.2, -0.15) is 0 Å². The smallest absolute Gasteiger partial charge is 0.0770 e. The Labute approximate surface area is 104 Å². The zero-order valence-electron chi connectivity index (χ0n) is 10.9. The maximum Gasteiger partial charge on any atom is 0.0770 e. The third-order valence-corrected chi connectivity index (χ3v) is 3.39. The molecule has 0 aromatic heterocycles. The van der Waals surface area contributed by atoms with Crippen molar-refractivity contribution in [1.82, 2.24) is 5.32 Å². The SMILES string of the molecule is CCCNC(c1ccc(C)cc1)C1CCCO1. The summed E-state index contributed by atoms with van der Waals surface area (Å²) in [5.74, 6) is 0. The first kappa shape index (κ1) is 12.6. The Balaban J connectivity index is 2.10. The minimum Gasteiger partial charge on any atom is -0.376 e. The predicted octanol–water partition coefficient (Wildman–Crippen LogP) is 3.21. The van der Waals surface area contributed by atoms with Crippen LogP contribution in [0.5, 0.6) is 0 Å². The molecular formula is C15H23NO. The fourth-order valence-electron chi connectivity index (χ4n) is 2.40. The number of aryl methyl sites for hydroxylation is 1. The molecule has 1 aliphatic rings. The van der Waals surface area contributed by atoms with Crippen LogP contribution in [0, 0.1) is 6.92 Å². The Hall–Kier alpha value is -0.860. The number of ether oxygens (including phenoxy) is 1. The highest BCUT2D eigenvalue weighted by Gasteiger charge is 2.26. The van der Waals surface area contributed by atoms with E-state index in [-0.39, 0.29) is 0 Å². The van der Waals surface area contributed by atoms with E-state index in [1.807, 2.05) is 0 Å². The Kier molecular flexibility index (Phi) is 4.57. The summed E-state index contributed by atoms with van der Waals surface area (Å²) in [6.07, 6.45) is 3.88. The summed E-state index contributed by atoms with van der Waals surface area (Å²) >= 11 is 0. The lowest BCUT2D eigenvalue weighted by atomic mass is 9.98. The van der Waals surface area contributed by atoms with Crippen molar-refractivity contribution in [3.8, 4) is 0 Å². The van der Waals surface area contributed by atoms with Crippen molar-refractivity contribution in [3.05, 3.63) is 35.4 Å². The molecule has 1 saturated heterocycles. The lowest BCUT2D eigenvalue weighted by molar-refractivity contribution is 0.0783. The van der Waals surface area contributed by atoms with Crippen molar-refractivity contribution in [2.45, 2.75) is 45.3 Å². The van der Waals surface area contributed by atoms with Gasteiger partial charge in [0.05, 0.1) is 12.1 Å². The van der Waals surface area contributed by atoms with Gasteiger partial charge in [-0.15, -0.1) is 0 Å². The van der Waals surface area contributed by atoms with Crippen LogP contribution in [0.15, 0.2) is 24.3 Å². The fourth-order valence-corrected chi connectivity index (χ4v) is 2.40. The van der Waals surface area contributed by atoms with Gasteiger partial charge in [0, 0.05) is 6.61 Å². The average molecular weight is 233 g/mol. The van der Waals surface area contributed by atoms with Crippen LogP contribution in [0.4, 0.5) is 0 Å². The van der Waals surface area contributed by atoms with Gasteiger partial charge < -0.3 is 10.1 Å². The summed E-state index contributed by atoms with van der Waals surface area (Å²) in [4.78, 5) is 0. The fraction of sp³-hybridized carbons (Fsp3) is 0.600. The number of rotatable bonds is 5. The van der Waals surface area contributed by atoms with E-state index in [0.717, 1.165) is 19.6 Å². The first-order chi connectivity index (χ1) is 8.31. The maximum atomic E-state index is 5.83. The van der Waals surface area contributed by atoms with Crippen LogP contribution in [0.1, 0.15) is 43.4 Å². The molecule has 94 valence electrons. The van der Waals surface area contributed by atoms with Crippen molar-refractivity contribution in [1.29, 1.82) is 0 Å². The second kappa shape index (κ2) is 6.18. The third-order valence-electron chi connectivity index (χ3n) is 3.39. The van der Waals surface area contributed by atoms with Crippen molar-refractivity contribution in [2.75, 3.05) is 13.2 Å². The summed E-state index contributed by atoms with van der Waals surface area (Å²) in [5, 5.41) is 3.62. The lowest BCUT2D eigenvalue weighted by Crippen LogP contribution is -2.32. The third kappa shape index (κ3) is 3.30. The zero-order valence-corrected chi connectivity index (χ0v) is 10.9. The minimum absolute atomic E-state index is 0.351. The van der Waals surface area contributed by atoms with Crippen LogP contribution in [-0.4, -0.2) is 19.3 Å². The van der Waals surface area contributed by atoms with E-state index in [1.54, 1.807) is 0 Å². The molecule has 2 heteroatoms. The molecule has 1 N–H and O–H groups in total. The van der Waals surface area contributed by atoms with Gasteiger partial charge >= 0.3 is 0 Å². The van der Waals surface area contributed by atoms with Crippen molar-refractivity contribution in [2.24, 2.45) is 0 Å². The van der Waals surface area contributed by atoms with Crippen LogP contribution >= 0.6 is 0 Å². The highest BCUT2D eigenvalue weighted by molar-refractivity contribution is 5.25. The van der Waals surface area contributed by atoms with E-state index in [2.05, 4.69) is 43.4 Å². The lowest BCUT2D eigenvalue weighted by Gasteiger charge is -2.24. The van der Waals surface area contributed by atoms with E-state index >= 15 is 0 Å². The van der Waals surface area contributed by atoms with Crippen LogP contribution in [-0.2, 0) is 4.74 Å². The van der Waals surface area contributed by atoms with Gasteiger partial charge in [-0.3, -0.25) is 0 Å². The maximum absolute atomic E-state index is 5.83. The highest BCUT2D eigenvalue weighted by atomic mass is 16.5. The second-order valence-electron chi connectivity index (χ2n) is 4.89. The van der Waals surface area contributed by atoms with E-state index in [4.69, 9.17) is 4.74 Å². The minimum atomic E-state index is 0.351. The summed E-state index contributed by atoms with van der Waals surface area (Å²) in [7, 11) is 0. The normalized spacial score (nSPS) is 21.6. The number of hydrogen-bond acceptors (Lipinski definition) is 2. The molecule has 2 rings (SSSR count). The molecule has 2 nitrogen and oxygen atoms in total. The molecule has 17 heavy (non-hydrogen) atoms. The highest BCUT2D eigenvalue weighted by Crippen LogP contribution is 2.27. The van der Waals surface area contributed by atoms with E-state index in [1.165, 1.54) is 24.0 Å². The van der Waals surface area contributed by atoms with E-state index < -0.39 is 0 Å². The molecule has 1 aromatic carbocycles. The van der Waals surface area contributed by atoms with Gasteiger partial charge in [0.2, 0.25) is 0 Å². The molecule has 1 heterocycles. The van der Waals surface area contributed by atoms with Crippen LogP contribution in [0.2, 0.25) is 0 Å². The van der Waals surface area contributed by atoms with E-state index in [9.17, 15) is 0 Å². The molecule has 0 radical (unpaired) electrons. The van der Waals surface area contributed by atoms with Gasteiger partial charge in [0.25, 0.3) is 0 Å². The first-order valence-electron chi connectivity index (χ1n) is 6.73. The average Bonchev–Trinajstić information content (AvgIpc) is 2.85. The summed E-state index contributed by atoms with van der Waals surface area (Å²) in [5.41, 5.74) is 2.67. The standard InChI is InChI=1S/C15H23NO/c1-3-10-16-15(14-5-4-11-17-14)13-8-6-12(2)7-9-13/h6-9,14-16H,3-5,10-11H2,1-2H3. The van der Waals surface area contributed by atoms with Crippen molar-refractivity contribution < 1.29 is 4.74 Å². The molecular weight excluding hydrogens is 210 g/mol. The van der Waals surface area contributed by atoms with Gasteiger partial charge in [-0.1, -0.05) is 36.8 Å². The molecule has 0 bridgehead atoms. The molecule has 0 amide bonds. The van der Waals surface area contributed by atoms with Gasteiger partial charge in [-0.25, -0.2) is 0 Å². The molecule has 2 unspecified atom stereocenters. The van der Waals surface area contributed by atoms with Gasteiger partial charge in [0.1, 0.15) is 0 Å². The molecule has 1 aliphatic heterocycles. The number of benzene rings is 1. The van der Waals surface area contributed by atoms with Crippen molar-refractivity contribution in [3.63, 3.8) is 0 Å². The molecule has 0 spiro atoms. The van der Waals surface area contributed by atoms with Crippen LogP contribution in [0.3, 0.4) is 0 Å². The summed E-state index contributed by atoms with van der Waals surface area (Å²) in [6, 6.07) is 9.18. The van der Waals surface area contributed by atoms with Crippen molar-refractivity contribution >= 4 is 0 Å². The number of hydrogen-bond donors (Lipinski definition) is 1. The zero-order chi connectivity index (χ0) is 12.1. The molecule has 1 fully saturated rings. The molecule has 0 saturated carbocycles. The summed E-state index contributed by atoms with van der Waals surface area (Å²) < 4.78 is 5.83. The van der Waals surface area contributed by atoms with Gasteiger partial charge in [0.15, 0.2) is 0 Å². The predicted molar refractivity (Wildman–Crippen MR) is 71.2 cm³/mol. The molecule has 0 aliphatic carbocycles. The largest absolute Gasteiger partial charge is 0.376 e. The molecule has 1 aromatic rings. The topological polar surface area (TPSA) is 21.3 Å². The molecule has 2 atom stereocenters. The Morgan fingerprint density at radius 1 is 1.35 bits per heavy atom. The van der Waals surface area contributed by atoms with E-state index in [0.29, 0.717) is 12.1 Å². The Morgan fingerprint density at radius 2 is 2.12 bits per heavy atom. The summed E-state index contributed by atoms with van der Waals surface area (Å²) in [6.45, 7) is 6.30. The van der Waals surface area contributed by atoms with Gasteiger partial charge in [-0.05, 0) is 38.3 Å². The second-order valence-corrected chi connectivity index (χ2v) is 4.89. The Morgan fingerprint density at radius 3 is 2.71 bits per heavy atom. The monoisotopic (exact) mass is 233 g/mol. The number of nitrogens with one attached hydrogen (secondary N) is 1. The van der Waals surface area contributed by atoms with Crippen LogP contribution in [0.25, 0.3) is 0 Å². The Bertz CT molecular complexity index is 327. The first-order valence-corrected chi connectivity index (χ1v) is 6.73. The quantitative estimate of drug-likeness (QED) is 0.843.